The van der Waals surface area contributed by atoms with Crippen molar-refractivity contribution < 1.29 is 4.79 Å². The van der Waals surface area contributed by atoms with Crippen LogP contribution in [0.4, 0.5) is 0 Å². The second-order valence-corrected chi connectivity index (χ2v) is 4.23. The summed E-state index contributed by atoms with van der Waals surface area (Å²) in [5.41, 5.74) is -0.617. The van der Waals surface area contributed by atoms with Crippen LogP contribution in [0.15, 0.2) is 0 Å². The van der Waals surface area contributed by atoms with Gasteiger partial charge in [-0.2, -0.15) is 5.26 Å². The van der Waals surface area contributed by atoms with Crippen LogP contribution >= 0.6 is 0 Å². The molecule has 12 heavy (non-hydrogen) atoms. The Morgan fingerprint density at radius 2 is 2.08 bits per heavy atom. The van der Waals surface area contributed by atoms with Crippen molar-refractivity contribution >= 4 is 5.78 Å². The van der Waals surface area contributed by atoms with Crippen LogP contribution < -0.4 is 0 Å². The van der Waals surface area contributed by atoms with E-state index < -0.39 is 5.41 Å². The smallest absolute Gasteiger partial charge is 0.155 e. The third kappa shape index (κ3) is 1.24. The molecular formula is C10H15NO. The molecule has 0 aromatic rings. The maximum Gasteiger partial charge on any atom is 0.155 e. The van der Waals surface area contributed by atoms with Crippen LogP contribution in [-0.2, 0) is 4.79 Å². The van der Waals surface area contributed by atoms with Gasteiger partial charge >= 0.3 is 0 Å². The van der Waals surface area contributed by atoms with Gasteiger partial charge in [-0.1, -0.05) is 20.8 Å². The van der Waals surface area contributed by atoms with Gasteiger partial charge in [0.1, 0.15) is 5.41 Å². The number of ketones is 1. The first kappa shape index (κ1) is 9.25. The number of rotatable bonds is 2. The van der Waals surface area contributed by atoms with E-state index in [9.17, 15) is 4.79 Å². The molecule has 0 aromatic carbocycles. The van der Waals surface area contributed by atoms with Crippen molar-refractivity contribution in [1.82, 2.24) is 0 Å². The number of Topliss-reactive ketones (excluding diaryl/α,β-unsaturated/α-hetero) is 1. The summed E-state index contributed by atoms with van der Waals surface area (Å²) in [5, 5.41) is 8.90. The maximum absolute atomic E-state index is 11.6. The van der Waals surface area contributed by atoms with E-state index in [4.69, 9.17) is 5.26 Å². The second-order valence-electron chi connectivity index (χ2n) is 4.23. The van der Waals surface area contributed by atoms with Crippen molar-refractivity contribution in [2.45, 2.75) is 33.6 Å². The highest BCUT2D eigenvalue weighted by atomic mass is 16.1. The van der Waals surface area contributed by atoms with E-state index in [-0.39, 0.29) is 11.7 Å². The molecule has 1 saturated carbocycles. The quantitative estimate of drug-likeness (QED) is 0.629. The number of carbonyl (C=O) groups is 1. The van der Waals surface area contributed by atoms with Crippen LogP contribution in [0.25, 0.3) is 0 Å². The van der Waals surface area contributed by atoms with Crippen LogP contribution in [0, 0.1) is 28.6 Å². The molecule has 0 bridgehead atoms. The molecule has 2 heteroatoms. The fourth-order valence-electron chi connectivity index (χ4n) is 2.03. The largest absolute Gasteiger partial charge is 0.298 e. The van der Waals surface area contributed by atoms with Gasteiger partial charge in [-0.05, 0) is 18.8 Å². The van der Waals surface area contributed by atoms with Crippen molar-refractivity contribution in [3.05, 3.63) is 0 Å². The Morgan fingerprint density at radius 1 is 1.58 bits per heavy atom. The Morgan fingerprint density at radius 3 is 2.33 bits per heavy atom. The standard InChI is InChI=1S/C10H15NO/c1-7(2)9(12)10(6-11)4-8(3)5-10/h7-8H,4-5H2,1-3H3. The zero-order chi connectivity index (χ0) is 9.35. The van der Waals surface area contributed by atoms with Crippen LogP contribution in [0.3, 0.4) is 0 Å². The lowest BCUT2D eigenvalue weighted by atomic mass is 9.59. The van der Waals surface area contributed by atoms with Gasteiger partial charge in [0.2, 0.25) is 0 Å². The molecule has 66 valence electrons. The van der Waals surface area contributed by atoms with E-state index in [2.05, 4.69) is 13.0 Å². The molecular weight excluding hydrogens is 150 g/mol. The molecule has 0 unspecified atom stereocenters. The second kappa shape index (κ2) is 2.90. The third-order valence-electron chi connectivity index (χ3n) is 2.60. The fraction of sp³-hybridized carbons (Fsp3) is 0.800. The average molecular weight is 165 g/mol. The van der Waals surface area contributed by atoms with Gasteiger partial charge in [0.05, 0.1) is 6.07 Å². The monoisotopic (exact) mass is 165 g/mol. The van der Waals surface area contributed by atoms with E-state index >= 15 is 0 Å². The SMILES string of the molecule is CC1CC(C#N)(C(=O)C(C)C)C1. The molecule has 0 radical (unpaired) electrons. The van der Waals surface area contributed by atoms with E-state index in [1.807, 2.05) is 13.8 Å². The number of carbonyl (C=O) groups excluding carboxylic acids is 1. The molecule has 0 aliphatic heterocycles. The van der Waals surface area contributed by atoms with Gasteiger partial charge in [-0.15, -0.1) is 0 Å². The molecule has 0 heterocycles. The van der Waals surface area contributed by atoms with Gasteiger partial charge in [-0.3, -0.25) is 4.79 Å². The summed E-state index contributed by atoms with van der Waals surface area (Å²) >= 11 is 0. The summed E-state index contributed by atoms with van der Waals surface area (Å²) in [6.45, 7) is 5.82. The lowest BCUT2D eigenvalue weighted by Crippen LogP contribution is -2.43. The number of nitrogens with zero attached hydrogens (tertiary/aromatic N) is 1. The molecule has 0 N–H and O–H groups in total. The predicted octanol–water partition coefficient (Wildman–Crippen LogP) is 2.15. The highest BCUT2D eigenvalue weighted by Crippen LogP contribution is 2.46. The molecule has 0 atom stereocenters. The predicted molar refractivity (Wildman–Crippen MR) is 46.3 cm³/mol. The molecule has 0 amide bonds. The first-order valence-electron chi connectivity index (χ1n) is 4.47. The van der Waals surface area contributed by atoms with Crippen LogP contribution in [-0.4, -0.2) is 5.78 Å². The van der Waals surface area contributed by atoms with Crippen molar-refractivity contribution in [1.29, 1.82) is 5.26 Å². The Balaban J connectivity index is 2.72. The summed E-state index contributed by atoms with van der Waals surface area (Å²) in [6, 6.07) is 2.18. The zero-order valence-electron chi connectivity index (χ0n) is 7.92. The summed E-state index contributed by atoms with van der Waals surface area (Å²) < 4.78 is 0. The van der Waals surface area contributed by atoms with Crippen molar-refractivity contribution in [3.63, 3.8) is 0 Å². The number of hydrogen-bond acceptors (Lipinski definition) is 2. The topological polar surface area (TPSA) is 40.9 Å². The lowest BCUT2D eigenvalue weighted by molar-refractivity contribution is -0.134. The summed E-state index contributed by atoms with van der Waals surface area (Å²) in [7, 11) is 0. The first-order valence-corrected chi connectivity index (χ1v) is 4.47. The summed E-state index contributed by atoms with van der Waals surface area (Å²) in [5.74, 6) is 0.674. The Bertz CT molecular complexity index is 231. The summed E-state index contributed by atoms with van der Waals surface area (Å²) in [4.78, 5) is 11.6. The van der Waals surface area contributed by atoms with Gasteiger partial charge in [0, 0.05) is 5.92 Å². The van der Waals surface area contributed by atoms with E-state index in [0.29, 0.717) is 5.92 Å². The van der Waals surface area contributed by atoms with Crippen molar-refractivity contribution in [3.8, 4) is 6.07 Å². The van der Waals surface area contributed by atoms with Crippen molar-refractivity contribution in [2.75, 3.05) is 0 Å². The molecule has 1 rings (SSSR count). The molecule has 1 aliphatic carbocycles. The van der Waals surface area contributed by atoms with E-state index in [1.165, 1.54) is 0 Å². The van der Waals surface area contributed by atoms with Gasteiger partial charge < -0.3 is 0 Å². The normalized spacial score (nSPS) is 34.1. The highest BCUT2D eigenvalue weighted by Gasteiger charge is 2.48. The lowest BCUT2D eigenvalue weighted by Gasteiger charge is -2.40. The molecule has 1 aliphatic rings. The molecule has 2 nitrogen and oxygen atoms in total. The fourth-order valence-corrected chi connectivity index (χ4v) is 2.03. The summed E-state index contributed by atoms with van der Waals surface area (Å²) in [6.07, 6.45) is 1.53. The van der Waals surface area contributed by atoms with Gasteiger partial charge in [0.25, 0.3) is 0 Å². The molecule has 0 aromatic heterocycles. The Kier molecular flexibility index (Phi) is 2.23. The molecule has 0 saturated heterocycles. The highest BCUT2D eigenvalue weighted by molar-refractivity contribution is 5.89. The van der Waals surface area contributed by atoms with Gasteiger partial charge in [-0.25, -0.2) is 0 Å². The van der Waals surface area contributed by atoms with Crippen molar-refractivity contribution in [2.24, 2.45) is 17.3 Å². The molecule has 1 fully saturated rings. The first-order chi connectivity index (χ1) is 5.52. The minimum atomic E-state index is -0.617. The average Bonchev–Trinajstić information content (AvgIpc) is 1.96. The van der Waals surface area contributed by atoms with E-state index in [1.54, 1.807) is 0 Å². The third-order valence-corrected chi connectivity index (χ3v) is 2.60. The number of nitriles is 1. The Labute approximate surface area is 73.6 Å². The minimum Gasteiger partial charge on any atom is -0.298 e. The number of hydrogen-bond donors (Lipinski definition) is 0. The van der Waals surface area contributed by atoms with E-state index in [0.717, 1.165) is 12.8 Å². The zero-order valence-corrected chi connectivity index (χ0v) is 7.92. The van der Waals surface area contributed by atoms with Crippen LogP contribution in [0.5, 0.6) is 0 Å². The Hall–Kier alpha value is -0.840. The van der Waals surface area contributed by atoms with Crippen LogP contribution in [0.1, 0.15) is 33.6 Å². The molecule has 0 spiro atoms. The van der Waals surface area contributed by atoms with Crippen LogP contribution in [0.2, 0.25) is 0 Å². The maximum atomic E-state index is 11.6. The minimum absolute atomic E-state index is 0.00264. The van der Waals surface area contributed by atoms with Gasteiger partial charge in [0.15, 0.2) is 5.78 Å².